The molecule has 0 radical (unpaired) electrons. The molecule has 10 rings (SSSR count). The van der Waals surface area contributed by atoms with E-state index in [1.54, 1.807) is 0 Å². The van der Waals surface area contributed by atoms with Crippen molar-refractivity contribution in [1.29, 1.82) is 0 Å². The van der Waals surface area contributed by atoms with E-state index < -0.39 is 0 Å². The molecule has 0 atom stereocenters. The monoisotopic (exact) mass is 652 g/mol. The largest absolute Gasteiger partial charge is 0.453 e. The van der Waals surface area contributed by atoms with Gasteiger partial charge in [-0.05, 0) is 100 Å². The number of hydrogen-bond donors (Lipinski definition) is 0. The first-order valence-corrected chi connectivity index (χ1v) is 17.3. The van der Waals surface area contributed by atoms with Crippen LogP contribution in [-0.4, -0.2) is 4.57 Å². The maximum absolute atomic E-state index is 6.32. The molecule has 240 valence electrons. The molecule has 1 aliphatic heterocycles. The van der Waals surface area contributed by atoms with Gasteiger partial charge in [-0.1, -0.05) is 127 Å². The maximum Gasteiger partial charge on any atom is 0.152 e. The number of benzene rings is 8. The zero-order chi connectivity index (χ0) is 33.7. The lowest BCUT2D eigenvalue weighted by molar-refractivity contribution is 0.476. The number of nitrogens with zero attached hydrogens (tertiary/aromatic N) is 2. The van der Waals surface area contributed by atoms with E-state index in [-0.39, 0.29) is 0 Å². The maximum atomic E-state index is 6.32. The lowest BCUT2D eigenvalue weighted by Gasteiger charge is -2.25. The number of hydrogen-bond acceptors (Lipinski definition) is 2. The molecule has 0 bridgehead atoms. The number of anilines is 3. The zero-order valence-electron chi connectivity index (χ0n) is 27.8. The van der Waals surface area contributed by atoms with Crippen LogP contribution in [-0.2, 0) is 0 Å². The van der Waals surface area contributed by atoms with E-state index in [0.717, 1.165) is 39.8 Å². The Kier molecular flexibility index (Phi) is 6.81. The SMILES string of the molecule is c1ccc(N(c2ccccc2)c2ccc(-c3ccc(-c4cccc(-c5ccc6c7cccc8c7n(c6c5)-c5ccccc5O8)c4)cc3)cc2)cc1. The van der Waals surface area contributed by atoms with Gasteiger partial charge in [0.25, 0.3) is 0 Å². The molecule has 0 unspecified atom stereocenters. The number of rotatable bonds is 6. The van der Waals surface area contributed by atoms with Gasteiger partial charge in [-0.2, -0.15) is 0 Å². The standard InChI is InChI=1S/C48H32N2O/c1-3-13-39(14-4-1)49(40-15-5-2-6-16-40)41-28-25-34(26-29-41)33-21-23-35(24-22-33)36-11-9-12-37(31-36)38-27-30-42-43-17-10-20-47-48(43)50(45(42)32-38)44-18-7-8-19-46(44)51-47/h1-32H. The third-order valence-corrected chi connectivity index (χ3v) is 9.98. The highest BCUT2D eigenvalue weighted by molar-refractivity contribution is 6.13. The van der Waals surface area contributed by atoms with Crippen LogP contribution < -0.4 is 9.64 Å². The molecule has 1 aromatic heterocycles. The minimum atomic E-state index is 0.878. The number of para-hydroxylation sites is 5. The van der Waals surface area contributed by atoms with Crippen LogP contribution in [0.3, 0.4) is 0 Å². The van der Waals surface area contributed by atoms with E-state index in [2.05, 4.69) is 191 Å². The van der Waals surface area contributed by atoms with Crippen LogP contribution in [0, 0.1) is 0 Å². The predicted molar refractivity (Wildman–Crippen MR) is 212 cm³/mol. The van der Waals surface area contributed by atoms with Crippen molar-refractivity contribution in [2.75, 3.05) is 4.90 Å². The van der Waals surface area contributed by atoms with Gasteiger partial charge in [-0.25, -0.2) is 0 Å². The third-order valence-electron chi connectivity index (χ3n) is 9.98. The minimum Gasteiger partial charge on any atom is -0.453 e. The molecule has 51 heavy (non-hydrogen) atoms. The second-order valence-electron chi connectivity index (χ2n) is 13.0. The van der Waals surface area contributed by atoms with Gasteiger partial charge in [-0.15, -0.1) is 0 Å². The summed E-state index contributed by atoms with van der Waals surface area (Å²) < 4.78 is 8.68. The molecule has 3 heteroatoms. The molecule has 3 nitrogen and oxygen atoms in total. The fraction of sp³-hybridized carbons (Fsp3) is 0. The molecular weight excluding hydrogens is 621 g/mol. The van der Waals surface area contributed by atoms with Crippen LogP contribution in [0.5, 0.6) is 11.5 Å². The lowest BCUT2D eigenvalue weighted by atomic mass is 9.96. The quantitative estimate of drug-likeness (QED) is 0.178. The smallest absolute Gasteiger partial charge is 0.152 e. The fourth-order valence-corrected chi connectivity index (χ4v) is 7.53. The van der Waals surface area contributed by atoms with Crippen molar-refractivity contribution in [1.82, 2.24) is 4.57 Å². The van der Waals surface area contributed by atoms with Gasteiger partial charge in [0.2, 0.25) is 0 Å². The van der Waals surface area contributed by atoms with Gasteiger partial charge in [0.1, 0.15) is 0 Å². The van der Waals surface area contributed by atoms with Crippen LogP contribution in [0.1, 0.15) is 0 Å². The molecule has 8 aromatic carbocycles. The van der Waals surface area contributed by atoms with Crippen LogP contribution in [0.2, 0.25) is 0 Å². The van der Waals surface area contributed by atoms with Gasteiger partial charge in [0, 0.05) is 27.8 Å². The Morgan fingerprint density at radius 3 is 1.57 bits per heavy atom. The van der Waals surface area contributed by atoms with Crippen LogP contribution in [0.15, 0.2) is 194 Å². The van der Waals surface area contributed by atoms with Crippen molar-refractivity contribution in [2.24, 2.45) is 0 Å². The lowest BCUT2D eigenvalue weighted by Crippen LogP contribution is -2.09. The highest BCUT2D eigenvalue weighted by Crippen LogP contribution is 2.46. The first-order chi connectivity index (χ1) is 25.3. The summed E-state index contributed by atoms with van der Waals surface area (Å²) in [6, 6.07) is 69.1. The van der Waals surface area contributed by atoms with Gasteiger partial charge < -0.3 is 14.2 Å². The predicted octanol–water partition coefficient (Wildman–Crippen LogP) is 13.4. The van der Waals surface area contributed by atoms with E-state index in [4.69, 9.17) is 4.74 Å². The van der Waals surface area contributed by atoms with E-state index in [9.17, 15) is 0 Å². The summed E-state index contributed by atoms with van der Waals surface area (Å²) in [5.74, 6) is 1.77. The fourth-order valence-electron chi connectivity index (χ4n) is 7.53. The average molecular weight is 653 g/mol. The molecule has 9 aromatic rings. The topological polar surface area (TPSA) is 17.4 Å². The second kappa shape index (κ2) is 11.9. The molecule has 0 spiro atoms. The normalized spacial score (nSPS) is 11.7. The Labute approximate surface area is 296 Å². The molecule has 1 aliphatic rings. The minimum absolute atomic E-state index is 0.878. The van der Waals surface area contributed by atoms with Crippen molar-refractivity contribution >= 4 is 38.9 Å². The summed E-state index contributed by atoms with van der Waals surface area (Å²) in [5.41, 5.74) is 13.9. The molecule has 0 fully saturated rings. The molecule has 0 aliphatic carbocycles. The third kappa shape index (κ3) is 4.98. The number of fused-ring (bicyclic) bond motifs is 5. The van der Waals surface area contributed by atoms with E-state index in [1.807, 2.05) is 12.1 Å². The summed E-state index contributed by atoms with van der Waals surface area (Å²) >= 11 is 0. The van der Waals surface area contributed by atoms with E-state index >= 15 is 0 Å². The van der Waals surface area contributed by atoms with Crippen molar-refractivity contribution in [3.05, 3.63) is 194 Å². The summed E-state index contributed by atoms with van der Waals surface area (Å²) in [6.07, 6.45) is 0. The Morgan fingerprint density at radius 2 is 0.863 bits per heavy atom. The Bertz CT molecular complexity index is 2650. The van der Waals surface area contributed by atoms with Gasteiger partial charge in [-0.3, -0.25) is 0 Å². The van der Waals surface area contributed by atoms with Crippen molar-refractivity contribution in [3.8, 4) is 50.6 Å². The van der Waals surface area contributed by atoms with Crippen molar-refractivity contribution in [3.63, 3.8) is 0 Å². The Balaban J connectivity index is 0.961. The summed E-state index contributed by atoms with van der Waals surface area (Å²) in [7, 11) is 0. The first kappa shape index (κ1) is 29.1. The summed E-state index contributed by atoms with van der Waals surface area (Å²) in [4.78, 5) is 2.29. The molecule has 0 saturated heterocycles. The number of ether oxygens (including phenoxy) is 1. The average Bonchev–Trinajstić information content (AvgIpc) is 3.54. The molecule has 2 heterocycles. The first-order valence-electron chi connectivity index (χ1n) is 17.3. The molecule has 0 amide bonds. The Hall–Kier alpha value is -6.84. The second-order valence-corrected chi connectivity index (χ2v) is 13.0. The Morgan fingerprint density at radius 1 is 0.353 bits per heavy atom. The van der Waals surface area contributed by atoms with Crippen LogP contribution >= 0.6 is 0 Å². The molecule has 0 saturated carbocycles. The van der Waals surface area contributed by atoms with Crippen LogP contribution in [0.25, 0.3) is 60.9 Å². The summed E-state index contributed by atoms with van der Waals surface area (Å²) in [5, 5.41) is 2.43. The zero-order valence-corrected chi connectivity index (χ0v) is 27.8. The van der Waals surface area contributed by atoms with Gasteiger partial charge in [0.15, 0.2) is 11.5 Å². The van der Waals surface area contributed by atoms with E-state index in [0.29, 0.717) is 0 Å². The van der Waals surface area contributed by atoms with Crippen molar-refractivity contribution in [2.45, 2.75) is 0 Å². The molecule has 0 N–H and O–H groups in total. The van der Waals surface area contributed by atoms with Gasteiger partial charge in [0.05, 0.1) is 16.7 Å². The van der Waals surface area contributed by atoms with E-state index in [1.165, 1.54) is 49.7 Å². The number of aromatic nitrogens is 1. The summed E-state index contributed by atoms with van der Waals surface area (Å²) in [6.45, 7) is 0. The highest BCUT2D eigenvalue weighted by atomic mass is 16.5. The van der Waals surface area contributed by atoms with Crippen LogP contribution in [0.4, 0.5) is 17.1 Å². The van der Waals surface area contributed by atoms with Gasteiger partial charge >= 0.3 is 0 Å². The highest BCUT2D eigenvalue weighted by Gasteiger charge is 2.23. The molecular formula is C48H32N2O. The van der Waals surface area contributed by atoms with Crippen molar-refractivity contribution < 1.29 is 4.74 Å².